The SMILES string of the molecule is Cc1cccc(C2CN(C(CC3CCC3)C(=O)O)CC2CN2CCC(CCC(F)(F)c3ccc(F)cc3)CC2)c1. The molecule has 1 N–H and O–H groups in total. The van der Waals surface area contributed by atoms with Gasteiger partial charge in [-0.15, -0.1) is 0 Å². The topological polar surface area (TPSA) is 43.8 Å². The van der Waals surface area contributed by atoms with Crippen molar-refractivity contribution in [3.63, 3.8) is 0 Å². The number of carbonyl (C=O) groups is 1. The summed E-state index contributed by atoms with van der Waals surface area (Å²) < 4.78 is 42.6. The van der Waals surface area contributed by atoms with Crippen molar-refractivity contribution < 1.29 is 23.1 Å². The van der Waals surface area contributed by atoms with Crippen molar-refractivity contribution in [3.05, 3.63) is 71.0 Å². The fourth-order valence-electron chi connectivity index (χ4n) is 7.09. The molecule has 0 amide bonds. The second-order valence-electron chi connectivity index (χ2n) is 12.6. The number of alkyl halides is 2. The zero-order valence-electron chi connectivity index (χ0n) is 23.6. The van der Waals surface area contributed by atoms with Crippen LogP contribution in [-0.4, -0.2) is 59.6 Å². The quantitative estimate of drug-likeness (QED) is 0.321. The lowest BCUT2D eigenvalue weighted by molar-refractivity contribution is -0.144. The molecule has 3 fully saturated rings. The molecule has 1 aliphatic carbocycles. The van der Waals surface area contributed by atoms with Gasteiger partial charge in [-0.3, -0.25) is 9.69 Å². The van der Waals surface area contributed by atoms with Crippen LogP contribution < -0.4 is 0 Å². The van der Waals surface area contributed by atoms with Crippen LogP contribution in [0.4, 0.5) is 13.2 Å². The van der Waals surface area contributed by atoms with E-state index in [-0.39, 0.29) is 23.8 Å². The Bertz CT molecular complexity index is 1130. The molecule has 0 spiro atoms. The van der Waals surface area contributed by atoms with Crippen LogP contribution >= 0.6 is 0 Å². The number of rotatable bonds is 11. The number of aryl methyl sites for hydroxylation is 1. The molecule has 40 heavy (non-hydrogen) atoms. The van der Waals surface area contributed by atoms with Crippen molar-refractivity contribution in [2.24, 2.45) is 17.8 Å². The molecule has 0 aromatic heterocycles. The number of hydrogen-bond donors (Lipinski definition) is 1. The number of aliphatic carboxylic acids is 1. The highest BCUT2D eigenvalue weighted by Crippen LogP contribution is 2.40. The molecule has 0 bridgehead atoms. The number of halogens is 3. The van der Waals surface area contributed by atoms with E-state index >= 15 is 0 Å². The first-order valence-electron chi connectivity index (χ1n) is 15.1. The van der Waals surface area contributed by atoms with Gasteiger partial charge in [0.1, 0.15) is 11.9 Å². The van der Waals surface area contributed by atoms with Crippen LogP contribution in [0.25, 0.3) is 0 Å². The summed E-state index contributed by atoms with van der Waals surface area (Å²) in [4.78, 5) is 17.0. The molecule has 2 aromatic rings. The molecule has 3 unspecified atom stereocenters. The largest absolute Gasteiger partial charge is 0.480 e. The van der Waals surface area contributed by atoms with Gasteiger partial charge in [0.2, 0.25) is 0 Å². The predicted octanol–water partition coefficient (Wildman–Crippen LogP) is 7.08. The summed E-state index contributed by atoms with van der Waals surface area (Å²) >= 11 is 0. The van der Waals surface area contributed by atoms with Gasteiger partial charge in [0.25, 0.3) is 5.92 Å². The summed E-state index contributed by atoms with van der Waals surface area (Å²) in [6, 6.07) is 12.8. The minimum Gasteiger partial charge on any atom is -0.480 e. The molecular formula is C33H43F3N2O2. The molecule has 2 aliphatic heterocycles. The van der Waals surface area contributed by atoms with Crippen LogP contribution in [0.15, 0.2) is 48.5 Å². The van der Waals surface area contributed by atoms with Gasteiger partial charge in [-0.05, 0) is 81.1 Å². The summed E-state index contributed by atoms with van der Waals surface area (Å²) in [6.07, 6.45) is 6.29. The van der Waals surface area contributed by atoms with E-state index < -0.39 is 23.8 Å². The molecule has 7 heteroatoms. The zero-order valence-corrected chi connectivity index (χ0v) is 23.6. The minimum atomic E-state index is -2.95. The highest BCUT2D eigenvalue weighted by atomic mass is 19.3. The number of nitrogens with zero attached hydrogens (tertiary/aromatic N) is 2. The normalized spacial score (nSPS) is 24.2. The molecular weight excluding hydrogens is 513 g/mol. The standard InChI is InChI=1S/C33H43F3N2O2/c1-23-4-2-7-26(18-23)30-22-38(31(32(39)40)19-25-5-3-6-25)21-27(30)20-37-16-13-24(14-17-37)12-15-33(35,36)28-8-10-29(34)11-9-28/h2,4,7-11,18,24-25,27,30-31H,3,5-6,12-17,19-22H2,1H3,(H,39,40). The van der Waals surface area contributed by atoms with Crippen LogP contribution in [0, 0.1) is 30.5 Å². The monoisotopic (exact) mass is 556 g/mol. The Kier molecular flexibility index (Phi) is 9.21. The second-order valence-corrected chi connectivity index (χ2v) is 12.6. The summed E-state index contributed by atoms with van der Waals surface area (Å²) in [5.74, 6) is -2.73. The third-order valence-electron chi connectivity index (χ3n) is 9.78. The predicted molar refractivity (Wildman–Crippen MR) is 151 cm³/mol. The van der Waals surface area contributed by atoms with Gasteiger partial charge < -0.3 is 10.0 Å². The lowest BCUT2D eigenvalue weighted by atomic mass is 9.80. The Hall–Kier alpha value is -2.38. The van der Waals surface area contributed by atoms with Crippen molar-refractivity contribution in [2.75, 3.05) is 32.7 Å². The first kappa shape index (κ1) is 29.1. The molecule has 5 rings (SSSR count). The van der Waals surface area contributed by atoms with Gasteiger partial charge >= 0.3 is 5.97 Å². The third-order valence-corrected chi connectivity index (χ3v) is 9.78. The van der Waals surface area contributed by atoms with E-state index in [1.807, 2.05) is 0 Å². The van der Waals surface area contributed by atoms with E-state index in [1.165, 1.54) is 29.7 Å². The average Bonchev–Trinajstić information content (AvgIpc) is 3.31. The van der Waals surface area contributed by atoms with Gasteiger partial charge in [0.15, 0.2) is 0 Å². The highest BCUT2D eigenvalue weighted by Gasteiger charge is 2.41. The molecule has 2 saturated heterocycles. The van der Waals surface area contributed by atoms with E-state index in [1.54, 1.807) is 0 Å². The molecule has 3 aliphatic rings. The molecule has 3 atom stereocenters. The van der Waals surface area contributed by atoms with Crippen molar-refractivity contribution in [2.45, 2.75) is 76.2 Å². The summed E-state index contributed by atoms with van der Waals surface area (Å²) in [5, 5.41) is 10.1. The number of carboxylic acids is 1. The second kappa shape index (κ2) is 12.6. The summed E-state index contributed by atoms with van der Waals surface area (Å²) in [5.41, 5.74) is 2.40. The minimum absolute atomic E-state index is 0.115. The lowest BCUT2D eigenvalue weighted by Crippen LogP contribution is -2.43. The third kappa shape index (κ3) is 7.09. The molecule has 0 radical (unpaired) electrons. The van der Waals surface area contributed by atoms with Crippen LogP contribution in [0.5, 0.6) is 0 Å². The van der Waals surface area contributed by atoms with Crippen LogP contribution in [0.1, 0.15) is 74.0 Å². The van der Waals surface area contributed by atoms with Crippen molar-refractivity contribution in [3.8, 4) is 0 Å². The molecule has 1 saturated carbocycles. The maximum Gasteiger partial charge on any atom is 0.320 e. The van der Waals surface area contributed by atoms with E-state index in [2.05, 4.69) is 41.0 Å². The van der Waals surface area contributed by atoms with E-state index in [0.29, 0.717) is 18.3 Å². The number of carboxylic acid groups (broad SMARTS) is 1. The van der Waals surface area contributed by atoms with Crippen molar-refractivity contribution in [1.82, 2.24) is 9.80 Å². The molecule has 2 aromatic carbocycles. The van der Waals surface area contributed by atoms with Gasteiger partial charge in [-0.25, -0.2) is 13.2 Å². The Morgan fingerprint density at radius 1 is 1.02 bits per heavy atom. The molecule has 2 heterocycles. The van der Waals surface area contributed by atoms with Gasteiger partial charge in [-0.1, -0.05) is 61.2 Å². The van der Waals surface area contributed by atoms with E-state index in [4.69, 9.17) is 0 Å². The maximum atomic E-state index is 14.7. The smallest absolute Gasteiger partial charge is 0.320 e. The van der Waals surface area contributed by atoms with Gasteiger partial charge in [-0.2, -0.15) is 0 Å². The lowest BCUT2D eigenvalue weighted by Gasteiger charge is -2.35. The number of piperidine rings is 1. The Morgan fingerprint density at radius 3 is 2.38 bits per heavy atom. The number of hydrogen-bond acceptors (Lipinski definition) is 3. The Labute approximate surface area is 236 Å². The Balaban J connectivity index is 1.18. The fourth-order valence-corrected chi connectivity index (χ4v) is 7.09. The van der Waals surface area contributed by atoms with Gasteiger partial charge in [0.05, 0.1) is 0 Å². The first-order valence-corrected chi connectivity index (χ1v) is 15.1. The average molecular weight is 557 g/mol. The van der Waals surface area contributed by atoms with E-state index in [0.717, 1.165) is 77.0 Å². The first-order chi connectivity index (χ1) is 19.2. The van der Waals surface area contributed by atoms with Crippen LogP contribution in [0.3, 0.4) is 0 Å². The fraction of sp³-hybridized carbons (Fsp3) is 0.606. The molecule has 218 valence electrons. The summed E-state index contributed by atoms with van der Waals surface area (Å²) in [7, 11) is 0. The summed E-state index contributed by atoms with van der Waals surface area (Å²) in [6.45, 7) is 6.33. The van der Waals surface area contributed by atoms with Crippen LogP contribution in [0.2, 0.25) is 0 Å². The Morgan fingerprint density at radius 2 is 1.75 bits per heavy atom. The molecule has 4 nitrogen and oxygen atoms in total. The maximum absolute atomic E-state index is 14.7. The number of likely N-dealkylation sites (tertiary alicyclic amines) is 2. The van der Waals surface area contributed by atoms with Crippen LogP contribution in [-0.2, 0) is 10.7 Å². The van der Waals surface area contributed by atoms with Crippen molar-refractivity contribution >= 4 is 5.97 Å². The highest BCUT2D eigenvalue weighted by molar-refractivity contribution is 5.73. The van der Waals surface area contributed by atoms with Crippen molar-refractivity contribution in [1.29, 1.82) is 0 Å². The van der Waals surface area contributed by atoms with Gasteiger partial charge in [0, 0.05) is 37.5 Å². The number of benzene rings is 2. The zero-order chi connectivity index (χ0) is 28.3. The van der Waals surface area contributed by atoms with E-state index in [9.17, 15) is 23.1 Å².